The van der Waals surface area contributed by atoms with Crippen LogP contribution in [0.5, 0.6) is 0 Å². The first-order valence-corrected chi connectivity index (χ1v) is 6.31. The van der Waals surface area contributed by atoms with Crippen LogP contribution in [0.25, 0.3) is 0 Å². The minimum atomic E-state index is -4.82. The number of alkyl carbamates (subject to hydrolysis) is 1. The Hall–Kier alpha value is -1.66. The van der Waals surface area contributed by atoms with Crippen LogP contribution in [-0.2, 0) is 17.6 Å². The monoisotopic (exact) mass is 288 g/mol. The maximum atomic E-state index is 12.2. The average molecular weight is 288 g/mol. The quantitative estimate of drug-likeness (QED) is 0.859. The normalized spacial score (nSPS) is 12.1. The molecule has 0 heterocycles. The van der Waals surface area contributed by atoms with E-state index in [0.29, 0.717) is 5.56 Å². The number of rotatable bonds is 4. The molecular weight excluding hydrogens is 270 g/mol. The number of benzene rings is 1. The van der Waals surface area contributed by atoms with Crippen molar-refractivity contribution in [3.05, 3.63) is 35.4 Å². The number of hydrogen-bond acceptors (Lipinski definition) is 2. The second kappa shape index (κ2) is 6.20. The second-order valence-corrected chi connectivity index (χ2v) is 5.59. The van der Waals surface area contributed by atoms with Crippen molar-refractivity contribution in [1.82, 2.24) is 5.32 Å². The molecule has 0 atom stereocenters. The van der Waals surface area contributed by atoms with E-state index in [9.17, 15) is 17.7 Å². The molecule has 0 fully saturated rings. The van der Waals surface area contributed by atoms with Crippen LogP contribution in [0.2, 0.25) is 0 Å². The molecule has 0 saturated carbocycles. The van der Waals surface area contributed by atoms with E-state index in [0.717, 1.165) is 0 Å². The summed E-state index contributed by atoms with van der Waals surface area (Å²) in [5.41, 5.74) is 0.357. The summed E-state index contributed by atoms with van der Waals surface area (Å²) in [6, 6.07) is 5.96. The Labute approximate surface area is 116 Å². The van der Waals surface area contributed by atoms with Gasteiger partial charge in [0.1, 0.15) is 5.60 Å². The van der Waals surface area contributed by atoms with Gasteiger partial charge in [-0.2, -0.15) is 0 Å². The second-order valence-electron chi connectivity index (χ2n) is 5.59. The number of halogens is 3. The Morgan fingerprint density at radius 2 is 1.65 bits per heavy atom. The molecule has 1 aromatic rings. The summed E-state index contributed by atoms with van der Waals surface area (Å²) in [6.45, 7) is 0.643. The van der Waals surface area contributed by atoms with Crippen molar-refractivity contribution in [2.24, 2.45) is 0 Å². The van der Waals surface area contributed by atoms with Crippen LogP contribution in [0.1, 0.15) is 31.9 Å². The van der Waals surface area contributed by atoms with Crippen molar-refractivity contribution in [1.29, 1.82) is 0 Å². The molecule has 112 valence electrons. The fourth-order valence-electron chi connectivity index (χ4n) is 1.55. The molecule has 3 nitrogen and oxygen atoms in total. The number of ether oxygens (including phenoxy) is 1. The summed E-state index contributed by atoms with van der Waals surface area (Å²) in [5.74, 6) is 0. The van der Waals surface area contributed by atoms with Crippen LogP contribution in [0.3, 0.4) is 0 Å². The third kappa shape index (κ3) is 7.06. The van der Waals surface area contributed by atoms with E-state index >= 15 is 0 Å². The first-order valence-electron chi connectivity index (χ1n) is 6.31. The third-order valence-corrected chi connectivity index (χ3v) is 2.33. The van der Waals surface area contributed by atoms with Crippen molar-refractivity contribution in [3.63, 3.8) is 0 Å². The molecular formula is C13H18BF3NO2-. The summed E-state index contributed by atoms with van der Waals surface area (Å²) in [5, 5.41) is 2.54. The maximum absolute atomic E-state index is 12.2. The van der Waals surface area contributed by atoms with Crippen molar-refractivity contribution in [2.45, 2.75) is 39.2 Å². The van der Waals surface area contributed by atoms with Crippen LogP contribution >= 0.6 is 0 Å². The van der Waals surface area contributed by atoms with Gasteiger partial charge in [0, 0.05) is 6.54 Å². The van der Waals surface area contributed by atoms with E-state index in [4.69, 9.17) is 4.74 Å². The summed E-state index contributed by atoms with van der Waals surface area (Å²) in [4.78, 5) is 11.4. The molecule has 0 saturated heterocycles. The van der Waals surface area contributed by atoms with Gasteiger partial charge >= 0.3 is 13.1 Å². The van der Waals surface area contributed by atoms with E-state index in [1.54, 1.807) is 32.9 Å². The molecule has 0 aromatic heterocycles. The van der Waals surface area contributed by atoms with Gasteiger partial charge in [-0.15, -0.1) is 0 Å². The standard InChI is InChI=1S/C13H18BF3NO2/c1-13(2,3)20-12(19)18-9-11-6-4-10(5-7-11)8-14(15,16)17/h4-7H,8-9H2,1-3H3,(H,18,19)/q-1. The number of hydrogen-bond donors (Lipinski definition) is 1. The molecule has 7 heteroatoms. The van der Waals surface area contributed by atoms with E-state index in [-0.39, 0.29) is 12.1 Å². The Balaban J connectivity index is 2.48. The van der Waals surface area contributed by atoms with Gasteiger partial charge in [0.15, 0.2) is 0 Å². The van der Waals surface area contributed by atoms with Gasteiger partial charge in [0.2, 0.25) is 0 Å². The van der Waals surface area contributed by atoms with Crippen LogP contribution in [0.15, 0.2) is 24.3 Å². The molecule has 20 heavy (non-hydrogen) atoms. The van der Waals surface area contributed by atoms with Crippen molar-refractivity contribution < 1.29 is 22.5 Å². The van der Waals surface area contributed by atoms with Crippen LogP contribution < -0.4 is 5.32 Å². The summed E-state index contributed by atoms with van der Waals surface area (Å²) in [7, 11) is 0. The third-order valence-electron chi connectivity index (χ3n) is 2.33. The molecule has 0 radical (unpaired) electrons. The van der Waals surface area contributed by atoms with Gasteiger partial charge in [0.25, 0.3) is 0 Å². The molecule has 1 amide bonds. The highest BCUT2D eigenvalue weighted by Crippen LogP contribution is 2.16. The largest absolute Gasteiger partial charge is 0.482 e. The van der Waals surface area contributed by atoms with E-state index in [2.05, 4.69) is 5.32 Å². The fourth-order valence-corrected chi connectivity index (χ4v) is 1.55. The van der Waals surface area contributed by atoms with Gasteiger partial charge in [-0.1, -0.05) is 36.1 Å². The Morgan fingerprint density at radius 1 is 1.15 bits per heavy atom. The minimum absolute atomic E-state index is 0.215. The van der Waals surface area contributed by atoms with Gasteiger partial charge in [-0.3, -0.25) is 0 Å². The van der Waals surface area contributed by atoms with Crippen LogP contribution in [-0.4, -0.2) is 18.7 Å². The lowest BCUT2D eigenvalue weighted by Gasteiger charge is -2.19. The average Bonchev–Trinajstić information content (AvgIpc) is 2.23. The maximum Gasteiger partial charge on any atom is 0.482 e. The Kier molecular flexibility index (Phi) is 5.08. The molecule has 1 rings (SSSR count). The smallest absolute Gasteiger partial charge is 0.449 e. The van der Waals surface area contributed by atoms with Gasteiger partial charge in [-0.05, 0) is 26.3 Å². The fraction of sp³-hybridized carbons (Fsp3) is 0.462. The van der Waals surface area contributed by atoms with Crippen molar-refractivity contribution >= 4 is 13.1 Å². The molecule has 0 bridgehead atoms. The van der Waals surface area contributed by atoms with Gasteiger partial charge in [0.05, 0.1) is 0 Å². The first kappa shape index (κ1) is 16.4. The van der Waals surface area contributed by atoms with E-state index in [1.165, 1.54) is 12.1 Å². The van der Waals surface area contributed by atoms with Crippen LogP contribution in [0.4, 0.5) is 17.7 Å². The molecule has 1 aromatic carbocycles. The summed E-state index contributed by atoms with van der Waals surface area (Å²) in [6.07, 6.45) is -1.44. The highest BCUT2D eigenvalue weighted by molar-refractivity contribution is 6.57. The highest BCUT2D eigenvalue weighted by Gasteiger charge is 2.22. The predicted octanol–water partition coefficient (Wildman–Crippen LogP) is 3.64. The zero-order valence-corrected chi connectivity index (χ0v) is 11.8. The molecule has 0 unspecified atom stereocenters. The highest BCUT2D eigenvalue weighted by atomic mass is 19.4. The molecule has 0 aliphatic heterocycles. The first-order chi connectivity index (χ1) is 9.05. The van der Waals surface area contributed by atoms with E-state index < -0.39 is 25.0 Å². The lowest BCUT2D eigenvalue weighted by atomic mass is 9.82. The summed E-state index contributed by atoms with van der Waals surface area (Å²) >= 11 is 0. The zero-order valence-electron chi connectivity index (χ0n) is 11.8. The Bertz CT molecular complexity index is 452. The predicted molar refractivity (Wildman–Crippen MR) is 72.3 cm³/mol. The lowest BCUT2D eigenvalue weighted by Crippen LogP contribution is -2.32. The van der Waals surface area contributed by atoms with Crippen LogP contribution in [0, 0.1) is 0 Å². The number of amides is 1. The Morgan fingerprint density at radius 3 is 2.10 bits per heavy atom. The van der Waals surface area contributed by atoms with Crippen molar-refractivity contribution in [3.8, 4) is 0 Å². The van der Waals surface area contributed by atoms with Gasteiger partial charge in [-0.25, -0.2) is 4.79 Å². The SMILES string of the molecule is CC(C)(C)OC(=O)NCc1ccc(C[B-](F)(F)F)cc1. The topological polar surface area (TPSA) is 38.3 Å². The number of carbonyl (C=O) groups excluding carboxylic acids is 1. The summed E-state index contributed by atoms with van der Waals surface area (Å²) < 4.78 is 41.8. The van der Waals surface area contributed by atoms with E-state index in [1.807, 2.05) is 0 Å². The number of nitrogens with one attached hydrogen (secondary N) is 1. The van der Waals surface area contributed by atoms with Gasteiger partial charge < -0.3 is 23.0 Å². The minimum Gasteiger partial charge on any atom is -0.449 e. The molecule has 0 aliphatic carbocycles. The molecule has 0 spiro atoms. The zero-order chi connectivity index (χ0) is 15.4. The number of carbonyl (C=O) groups is 1. The molecule has 1 N–H and O–H groups in total. The lowest BCUT2D eigenvalue weighted by molar-refractivity contribution is 0.0523. The van der Waals surface area contributed by atoms with Crippen molar-refractivity contribution in [2.75, 3.05) is 0 Å². The molecule has 0 aliphatic rings.